The van der Waals surface area contributed by atoms with Gasteiger partial charge in [0.2, 0.25) is 0 Å². The highest BCUT2D eigenvalue weighted by atomic mass is 31.1. The summed E-state index contributed by atoms with van der Waals surface area (Å²) in [5, 5.41) is 0. The first-order valence-electron chi connectivity index (χ1n) is 6.46. The quantitative estimate of drug-likeness (QED) is 0.390. The third kappa shape index (κ3) is 56.9. The van der Waals surface area contributed by atoms with Gasteiger partial charge in [-0.3, -0.25) is 4.70 Å². The number of rotatable bonds is 6. The van der Waals surface area contributed by atoms with Gasteiger partial charge in [-0.1, -0.05) is 64.4 Å². The van der Waals surface area contributed by atoms with Crippen molar-refractivity contribution in [3.8, 4) is 0 Å². The molecule has 0 saturated heterocycles. The predicted molar refractivity (Wildman–Crippen MR) is 102 cm³/mol. The average molecular weight is 310 g/mol. The van der Waals surface area contributed by atoms with Crippen molar-refractivity contribution in [3.05, 3.63) is 36.5 Å². The molecule has 19 heavy (non-hydrogen) atoms. The van der Waals surface area contributed by atoms with Gasteiger partial charge in [0.1, 0.15) is 0 Å². The normalized spacial score (nSPS) is 9.79. The highest BCUT2D eigenvalue weighted by molar-refractivity contribution is 7.37. The molecule has 0 aromatic heterocycles. The molecule has 0 saturated carbocycles. The minimum atomic E-state index is 0. The summed E-state index contributed by atoms with van der Waals surface area (Å²) in [6.45, 7) is 10.5. The first-order chi connectivity index (χ1) is 8.33. The first-order valence-corrected chi connectivity index (χ1v) is 9.33. The maximum absolute atomic E-state index is 2.42. The fourth-order valence-corrected chi connectivity index (χ4v) is 1.28. The monoisotopic (exact) mass is 310 g/mol. The Morgan fingerprint density at radius 1 is 0.895 bits per heavy atom. The van der Waals surface area contributed by atoms with Crippen LogP contribution in [0.1, 0.15) is 47.5 Å². The van der Waals surface area contributed by atoms with Crippen molar-refractivity contribution in [2.75, 3.05) is 19.5 Å². The van der Waals surface area contributed by atoms with Crippen LogP contribution in [0.3, 0.4) is 0 Å². The SMILES string of the molecule is C.CC=CCC.CCC=CCC=CCPC.CP.F. The summed E-state index contributed by atoms with van der Waals surface area (Å²) in [6.07, 6.45) is 17.8. The Kier molecular flexibility index (Phi) is 71.1. The van der Waals surface area contributed by atoms with Gasteiger partial charge in [0.05, 0.1) is 0 Å². The minimum absolute atomic E-state index is 0. The van der Waals surface area contributed by atoms with E-state index in [4.69, 9.17) is 0 Å². The summed E-state index contributed by atoms with van der Waals surface area (Å²) in [5.74, 6) is 0. The van der Waals surface area contributed by atoms with Crippen LogP contribution in [0.2, 0.25) is 0 Å². The van der Waals surface area contributed by atoms with Crippen LogP contribution in [0, 0.1) is 0 Å². The number of allylic oxidation sites excluding steroid dienone is 6. The van der Waals surface area contributed by atoms with E-state index in [0.717, 1.165) is 27.8 Å². The molecule has 2 unspecified atom stereocenters. The van der Waals surface area contributed by atoms with E-state index in [-0.39, 0.29) is 12.1 Å². The molecule has 0 fully saturated rings. The Bertz CT molecular complexity index is 176. The van der Waals surface area contributed by atoms with Crippen LogP contribution in [0.15, 0.2) is 36.5 Å². The van der Waals surface area contributed by atoms with Crippen LogP contribution in [0.25, 0.3) is 0 Å². The number of hydrogen-bond donors (Lipinski definition) is 0. The second kappa shape index (κ2) is 43.0. The summed E-state index contributed by atoms with van der Waals surface area (Å²) < 4.78 is 0. The van der Waals surface area contributed by atoms with E-state index >= 15 is 0 Å². The third-order valence-corrected chi connectivity index (χ3v) is 2.28. The Hall–Kier alpha value is 0.01000. The zero-order valence-electron chi connectivity index (χ0n) is 12.8. The van der Waals surface area contributed by atoms with Crippen molar-refractivity contribution in [2.24, 2.45) is 0 Å². The molecule has 0 bridgehead atoms. The highest BCUT2D eigenvalue weighted by Crippen LogP contribution is 2.01. The Labute approximate surface area is 126 Å². The van der Waals surface area contributed by atoms with Gasteiger partial charge in [-0.2, -0.15) is 0 Å². The predicted octanol–water partition coefficient (Wildman–Crippen LogP) is 6.46. The van der Waals surface area contributed by atoms with Crippen LogP contribution in [0.4, 0.5) is 4.70 Å². The molecule has 0 heterocycles. The van der Waals surface area contributed by atoms with E-state index in [1.807, 2.05) is 13.6 Å². The van der Waals surface area contributed by atoms with Crippen molar-refractivity contribution in [2.45, 2.75) is 47.5 Å². The summed E-state index contributed by atoms with van der Waals surface area (Å²) >= 11 is 0. The molecule has 0 aromatic rings. The van der Waals surface area contributed by atoms with Crippen molar-refractivity contribution in [3.63, 3.8) is 0 Å². The fourth-order valence-electron chi connectivity index (χ4n) is 0.875. The van der Waals surface area contributed by atoms with Gasteiger partial charge >= 0.3 is 0 Å². The van der Waals surface area contributed by atoms with Gasteiger partial charge in [0.25, 0.3) is 0 Å². The van der Waals surface area contributed by atoms with Crippen LogP contribution < -0.4 is 0 Å². The molecule has 0 N–H and O–H groups in total. The van der Waals surface area contributed by atoms with Crippen LogP contribution in [0.5, 0.6) is 0 Å². The molecule has 0 aliphatic rings. The van der Waals surface area contributed by atoms with Gasteiger partial charge in [0.15, 0.2) is 0 Å². The highest BCUT2D eigenvalue weighted by Gasteiger charge is 1.71. The lowest BCUT2D eigenvalue weighted by molar-refractivity contribution is 1.11. The smallest absolute Gasteiger partial charge is 0.0169 e. The molecule has 0 spiro atoms. The van der Waals surface area contributed by atoms with Gasteiger partial charge in [0, 0.05) is 0 Å². The van der Waals surface area contributed by atoms with E-state index < -0.39 is 0 Å². The van der Waals surface area contributed by atoms with E-state index in [9.17, 15) is 0 Å². The fraction of sp³-hybridized carbons (Fsp3) is 0.625. The van der Waals surface area contributed by atoms with Crippen molar-refractivity contribution < 1.29 is 4.70 Å². The van der Waals surface area contributed by atoms with Crippen LogP contribution >= 0.6 is 17.8 Å². The molecule has 0 aromatic carbocycles. The van der Waals surface area contributed by atoms with E-state index in [1.54, 1.807) is 0 Å². The maximum atomic E-state index is 2.42. The van der Waals surface area contributed by atoms with E-state index in [1.165, 1.54) is 6.16 Å². The molecule has 0 aliphatic carbocycles. The second-order valence-corrected chi connectivity index (χ2v) is 4.24. The standard InChI is InChI=1S/C9H17P.C5H10.CH5P.CH4.FH/c1-3-4-5-6-7-8-9-10-2;1-3-5-4-2;1-2;;/h4-5,7-8,10H,3,6,9H2,1-2H3;3,5H,4H2,1-2H3;2H2,1H3;1H4;1H. The van der Waals surface area contributed by atoms with E-state index in [0.29, 0.717) is 0 Å². The molecule has 0 aliphatic heterocycles. The lowest BCUT2D eigenvalue weighted by atomic mass is 10.3. The van der Waals surface area contributed by atoms with Crippen molar-refractivity contribution in [1.82, 2.24) is 0 Å². The molecule has 0 nitrogen and oxygen atoms in total. The molecule has 3 heteroatoms. The molecular formula is C16H37FP2. The van der Waals surface area contributed by atoms with Crippen LogP contribution in [-0.2, 0) is 0 Å². The molecule has 0 radical (unpaired) electrons. The Balaban J connectivity index is -0.0000000627. The lowest BCUT2D eigenvalue weighted by Crippen LogP contribution is -1.63. The summed E-state index contributed by atoms with van der Waals surface area (Å²) in [7, 11) is 3.48. The zero-order chi connectivity index (χ0) is 13.8. The maximum Gasteiger partial charge on any atom is -0.0169 e. The van der Waals surface area contributed by atoms with Crippen molar-refractivity contribution in [1.29, 1.82) is 0 Å². The summed E-state index contributed by atoms with van der Waals surface area (Å²) in [4.78, 5) is 0. The van der Waals surface area contributed by atoms with Gasteiger partial charge in [-0.25, -0.2) is 0 Å². The first kappa shape index (κ1) is 31.4. The molecule has 118 valence electrons. The number of halogens is 1. The lowest BCUT2D eigenvalue weighted by Gasteiger charge is -1.83. The zero-order valence-corrected chi connectivity index (χ0v) is 14.9. The molecular weight excluding hydrogens is 273 g/mol. The molecule has 0 amide bonds. The van der Waals surface area contributed by atoms with Crippen molar-refractivity contribution >= 4 is 17.8 Å². The second-order valence-electron chi connectivity index (χ2n) is 3.12. The summed E-state index contributed by atoms with van der Waals surface area (Å²) in [6, 6.07) is 0. The average Bonchev–Trinajstić information content (AvgIpc) is 2.38. The third-order valence-electron chi connectivity index (χ3n) is 1.63. The number of hydrogen-bond acceptors (Lipinski definition) is 0. The topological polar surface area (TPSA) is 0 Å². The van der Waals surface area contributed by atoms with Gasteiger partial charge in [-0.05, 0) is 39.0 Å². The molecule has 2 atom stereocenters. The minimum Gasteiger partial charge on any atom is -0.269 e. The molecule has 0 rings (SSSR count). The van der Waals surface area contributed by atoms with Crippen LogP contribution in [-0.4, -0.2) is 19.5 Å². The largest absolute Gasteiger partial charge is 0.269 e. The van der Waals surface area contributed by atoms with Gasteiger partial charge < -0.3 is 0 Å². The Morgan fingerprint density at radius 2 is 1.37 bits per heavy atom. The summed E-state index contributed by atoms with van der Waals surface area (Å²) in [5.41, 5.74) is 0. The van der Waals surface area contributed by atoms with E-state index in [2.05, 4.69) is 66.2 Å². The Morgan fingerprint density at radius 3 is 1.68 bits per heavy atom. The van der Waals surface area contributed by atoms with Gasteiger partial charge in [-0.15, -0.1) is 17.8 Å².